The standard InChI is InChI=1S/C11H10F3NO/c12-11(13,14)10(16)15-9-6-5-7-3-1-2-4-8(7)9/h1-4,9H,5-6H2,(H,15,16)/t9-/m0/s1. The van der Waals surface area contributed by atoms with Crippen molar-refractivity contribution < 1.29 is 18.0 Å². The third kappa shape index (κ3) is 2.03. The molecule has 2 nitrogen and oxygen atoms in total. The molecule has 86 valence electrons. The van der Waals surface area contributed by atoms with E-state index in [2.05, 4.69) is 0 Å². The lowest BCUT2D eigenvalue weighted by Gasteiger charge is -2.15. The normalized spacial score (nSPS) is 19.3. The Morgan fingerprint density at radius 3 is 2.69 bits per heavy atom. The molecule has 2 rings (SSSR count). The molecule has 0 aliphatic heterocycles. The molecule has 1 N–H and O–H groups in total. The van der Waals surface area contributed by atoms with Crippen molar-refractivity contribution in [3.8, 4) is 0 Å². The van der Waals surface area contributed by atoms with Gasteiger partial charge in [0.05, 0.1) is 6.04 Å². The number of amides is 1. The first-order chi connectivity index (χ1) is 7.48. The van der Waals surface area contributed by atoms with E-state index in [0.717, 1.165) is 11.1 Å². The summed E-state index contributed by atoms with van der Waals surface area (Å²) in [7, 11) is 0. The minimum atomic E-state index is -4.81. The zero-order valence-corrected chi connectivity index (χ0v) is 8.34. The number of aryl methyl sites for hydroxylation is 1. The van der Waals surface area contributed by atoms with E-state index < -0.39 is 18.1 Å². The van der Waals surface area contributed by atoms with Gasteiger partial charge < -0.3 is 5.32 Å². The molecule has 5 heteroatoms. The Morgan fingerprint density at radius 2 is 2.00 bits per heavy atom. The van der Waals surface area contributed by atoms with Gasteiger partial charge in [-0.15, -0.1) is 0 Å². The first-order valence-electron chi connectivity index (χ1n) is 4.94. The highest BCUT2D eigenvalue weighted by atomic mass is 19.4. The largest absolute Gasteiger partial charge is 0.471 e. The van der Waals surface area contributed by atoms with Gasteiger partial charge in [-0.25, -0.2) is 0 Å². The highest BCUT2D eigenvalue weighted by Crippen LogP contribution is 2.31. The Hall–Kier alpha value is -1.52. The molecule has 0 radical (unpaired) electrons. The molecule has 1 aromatic rings. The minimum absolute atomic E-state index is 0.509. The summed E-state index contributed by atoms with van der Waals surface area (Å²) in [6, 6.07) is 6.72. The molecule has 0 bridgehead atoms. The summed E-state index contributed by atoms with van der Waals surface area (Å²) in [6.45, 7) is 0. The average molecular weight is 229 g/mol. The molecule has 0 unspecified atom stereocenters. The van der Waals surface area contributed by atoms with Crippen LogP contribution in [0.25, 0.3) is 0 Å². The van der Waals surface area contributed by atoms with Gasteiger partial charge in [-0.05, 0) is 24.0 Å². The van der Waals surface area contributed by atoms with Crippen LogP contribution in [0.15, 0.2) is 24.3 Å². The van der Waals surface area contributed by atoms with Crippen molar-refractivity contribution in [2.75, 3.05) is 0 Å². The Balaban J connectivity index is 2.12. The van der Waals surface area contributed by atoms with Gasteiger partial charge in [-0.3, -0.25) is 4.79 Å². The van der Waals surface area contributed by atoms with Crippen LogP contribution < -0.4 is 5.32 Å². The van der Waals surface area contributed by atoms with Crippen LogP contribution >= 0.6 is 0 Å². The summed E-state index contributed by atoms with van der Waals surface area (Å²) < 4.78 is 36.2. The lowest BCUT2D eigenvalue weighted by molar-refractivity contribution is -0.174. The van der Waals surface area contributed by atoms with Crippen LogP contribution in [0.3, 0.4) is 0 Å². The summed E-state index contributed by atoms with van der Waals surface area (Å²) in [5.41, 5.74) is 1.80. The number of nitrogens with one attached hydrogen (secondary N) is 1. The number of carbonyl (C=O) groups is 1. The second kappa shape index (κ2) is 3.81. The quantitative estimate of drug-likeness (QED) is 0.786. The van der Waals surface area contributed by atoms with Crippen molar-refractivity contribution in [3.05, 3.63) is 35.4 Å². The summed E-state index contributed by atoms with van der Waals surface area (Å²) in [6.07, 6.45) is -3.57. The van der Waals surface area contributed by atoms with Gasteiger partial charge in [-0.2, -0.15) is 13.2 Å². The third-order valence-corrected chi connectivity index (χ3v) is 2.70. The fraction of sp³-hybridized carbons (Fsp3) is 0.364. The maximum Gasteiger partial charge on any atom is 0.471 e. The van der Waals surface area contributed by atoms with E-state index in [0.29, 0.717) is 12.8 Å². The monoisotopic (exact) mass is 229 g/mol. The molecular formula is C11H10F3NO. The first-order valence-corrected chi connectivity index (χ1v) is 4.94. The van der Waals surface area contributed by atoms with Crippen molar-refractivity contribution in [3.63, 3.8) is 0 Å². The number of halogens is 3. The second-order valence-electron chi connectivity index (χ2n) is 3.76. The van der Waals surface area contributed by atoms with Crippen molar-refractivity contribution in [2.45, 2.75) is 25.1 Å². The summed E-state index contributed by atoms with van der Waals surface area (Å²) in [5.74, 6) is -1.87. The Labute approximate surface area is 90.5 Å². The number of carbonyl (C=O) groups excluding carboxylic acids is 1. The van der Waals surface area contributed by atoms with Gasteiger partial charge in [0.1, 0.15) is 0 Å². The predicted molar refractivity (Wildman–Crippen MR) is 51.7 cm³/mol. The van der Waals surface area contributed by atoms with Crippen LogP contribution in [0.2, 0.25) is 0 Å². The topological polar surface area (TPSA) is 29.1 Å². The van der Waals surface area contributed by atoms with Gasteiger partial charge in [0, 0.05) is 0 Å². The smallest absolute Gasteiger partial charge is 0.341 e. The molecule has 1 aromatic carbocycles. The fourth-order valence-corrected chi connectivity index (χ4v) is 1.95. The Kier molecular flexibility index (Phi) is 2.61. The van der Waals surface area contributed by atoms with E-state index in [1.165, 1.54) is 0 Å². The van der Waals surface area contributed by atoms with E-state index in [4.69, 9.17) is 0 Å². The zero-order chi connectivity index (χ0) is 11.8. The van der Waals surface area contributed by atoms with Crippen LogP contribution in [-0.2, 0) is 11.2 Å². The van der Waals surface area contributed by atoms with Gasteiger partial charge in [-0.1, -0.05) is 24.3 Å². The third-order valence-electron chi connectivity index (χ3n) is 2.70. The molecule has 0 spiro atoms. The molecule has 1 amide bonds. The lowest BCUT2D eigenvalue weighted by Crippen LogP contribution is -2.38. The highest BCUT2D eigenvalue weighted by molar-refractivity contribution is 5.82. The zero-order valence-electron chi connectivity index (χ0n) is 8.34. The molecule has 0 aromatic heterocycles. The number of rotatable bonds is 1. The molecule has 0 heterocycles. The molecular weight excluding hydrogens is 219 g/mol. The molecule has 1 atom stereocenters. The lowest BCUT2D eigenvalue weighted by atomic mass is 10.1. The molecule has 1 aliphatic rings. The van der Waals surface area contributed by atoms with Crippen LogP contribution in [0.1, 0.15) is 23.6 Å². The SMILES string of the molecule is O=C(N[C@H]1CCc2ccccc21)C(F)(F)F. The summed E-state index contributed by atoms with van der Waals surface area (Å²) in [5, 5.41) is 2.01. The van der Waals surface area contributed by atoms with Crippen molar-refractivity contribution in [1.29, 1.82) is 0 Å². The van der Waals surface area contributed by atoms with E-state index in [9.17, 15) is 18.0 Å². The summed E-state index contributed by atoms with van der Waals surface area (Å²) >= 11 is 0. The minimum Gasteiger partial charge on any atom is -0.341 e. The molecule has 1 aliphatic carbocycles. The van der Waals surface area contributed by atoms with E-state index in [1.54, 1.807) is 12.1 Å². The van der Waals surface area contributed by atoms with Crippen molar-refractivity contribution in [2.24, 2.45) is 0 Å². The maximum atomic E-state index is 12.1. The molecule has 0 saturated carbocycles. The maximum absolute atomic E-state index is 12.1. The number of hydrogen-bond donors (Lipinski definition) is 1. The van der Waals surface area contributed by atoms with E-state index >= 15 is 0 Å². The number of alkyl halides is 3. The Bertz CT molecular complexity index is 414. The van der Waals surface area contributed by atoms with Gasteiger partial charge in [0.25, 0.3) is 0 Å². The fourth-order valence-electron chi connectivity index (χ4n) is 1.95. The summed E-state index contributed by atoms with van der Waals surface area (Å²) in [4.78, 5) is 10.8. The van der Waals surface area contributed by atoms with Crippen molar-refractivity contribution >= 4 is 5.91 Å². The molecule has 0 fully saturated rings. The van der Waals surface area contributed by atoms with Crippen LogP contribution in [0.5, 0.6) is 0 Å². The van der Waals surface area contributed by atoms with E-state index in [1.807, 2.05) is 17.4 Å². The van der Waals surface area contributed by atoms with Crippen LogP contribution in [0.4, 0.5) is 13.2 Å². The van der Waals surface area contributed by atoms with E-state index in [-0.39, 0.29) is 0 Å². The highest BCUT2D eigenvalue weighted by Gasteiger charge is 2.40. The average Bonchev–Trinajstić information content (AvgIpc) is 2.61. The van der Waals surface area contributed by atoms with Gasteiger partial charge >= 0.3 is 12.1 Å². The van der Waals surface area contributed by atoms with Crippen molar-refractivity contribution in [1.82, 2.24) is 5.32 Å². The van der Waals surface area contributed by atoms with Gasteiger partial charge in [0.15, 0.2) is 0 Å². The molecule has 16 heavy (non-hydrogen) atoms. The van der Waals surface area contributed by atoms with Crippen LogP contribution in [-0.4, -0.2) is 12.1 Å². The van der Waals surface area contributed by atoms with Crippen LogP contribution in [0, 0.1) is 0 Å². The molecule has 0 saturated heterocycles. The predicted octanol–water partition coefficient (Wildman–Crippen LogP) is 2.35. The van der Waals surface area contributed by atoms with Gasteiger partial charge in [0.2, 0.25) is 0 Å². The second-order valence-corrected chi connectivity index (χ2v) is 3.76. The first kappa shape index (κ1) is 11.0. The Morgan fingerprint density at radius 1 is 1.31 bits per heavy atom. The number of benzene rings is 1. The number of hydrogen-bond acceptors (Lipinski definition) is 1. The number of fused-ring (bicyclic) bond motifs is 1.